The predicted molar refractivity (Wildman–Crippen MR) is 72.7 cm³/mol. The van der Waals surface area contributed by atoms with E-state index in [1.165, 1.54) is 6.08 Å². The molecule has 0 saturated carbocycles. The molecule has 0 saturated heterocycles. The summed E-state index contributed by atoms with van der Waals surface area (Å²) < 4.78 is 0. The summed E-state index contributed by atoms with van der Waals surface area (Å²) in [5.74, 6) is -0.0894. The predicted octanol–water partition coefficient (Wildman–Crippen LogP) is 2.88. The molecule has 0 fully saturated rings. The molecular formula is C15H18N2O. The number of hydrogen-bond acceptors (Lipinski definition) is 2. The third-order valence-electron chi connectivity index (χ3n) is 2.52. The summed E-state index contributed by atoms with van der Waals surface area (Å²) >= 11 is 0. The fourth-order valence-electron chi connectivity index (χ4n) is 1.53. The summed E-state index contributed by atoms with van der Waals surface area (Å²) in [6.07, 6.45) is 6.51. The summed E-state index contributed by atoms with van der Waals surface area (Å²) in [5.41, 5.74) is 1.46. The molecule has 1 N–H and O–H groups in total. The van der Waals surface area contributed by atoms with Crippen molar-refractivity contribution >= 4 is 12.0 Å². The molecule has 0 aliphatic rings. The first-order valence-corrected chi connectivity index (χ1v) is 6.22. The molecule has 1 amide bonds. The van der Waals surface area contributed by atoms with Crippen LogP contribution >= 0.6 is 0 Å². The lowest BCUT2D eigenvalue weighted by Gasteiger charge is -2.00. The molecule has 1 aromatic carbocycles. The van der Waals surface area contributed by atoms with Gasteiger partial charge in [0.2, 0.25) is 5.91 Å². The van der Waals surface area contributed by atoms with E-state index in [2.05, 4.69) is 18.3 Å². The molecule has 0 unspecified atom stereocenters. The first-order chi connectivity index (χ1) is 8.76. The van der Waals surface area contributed by atoms with E-state index in [4.69, 9.17) is 5.26 Å². The van der Waals surface area contributed by atoms with Gasteiger partial charge < -0.3 is 5.32 Å². The highest BCUT2D eigenvalue weighted by atomic mass is 16.1. The number of benzene rings is 1. The number of nitrogens with one attached hydrogen (secondary N) is 1. The fourth-order valence-corrected chi connectivity index (χ4v) is 1.53. The molecule has 0 atom stereocenters. The Morgan fingerprint density at radius 3 is 3.00 bits per heavy atom. The summed E-state index contributed by atoms with van der Waals surface area (Å²) in [6.45, 7) is 2.85. The van der Waals surface area contributed by atoms with Crippen LogP contribution in [-0.2, 0) is 4.79 Å². The van der Waals surface area contributed by atoms with Crippen molar-refractivity contribution in [1.29, 1.82) is 5.26 Å². The number of carbonyl (C=O) groups excluding carboxylic acids is 1. The Kier molecular flexibility index (Phi) is 6.27. The van der Waals surface area contributed by atoms with Crippen LogP contribution in [-0.4, -0.2) is 12.5 Å². The first kappa shape index (κ1) is 14.0. The van der Waals surface area contributed by atoms with Crippen LogP contribution in [0.25, 0.3) is 6.08 Å². The zero-order valence-corrected chi connectivity index (χ0v) is 10.6. The maximum Gasteiger partial charge on any atom is 0.243 e. The molecule has 3 heteroatoms. The monoisotopic (exact) mass is 242 g/mol. The second kappa shape index (κ2) is 8.08. The summed E-state index contributed by atoms with van der Waals surface area (Å²) in [5, 5.41) is 11.6. The number of nitriles is 1. The van der Waals surface area contributed by atoms with Crippen LogP contribution in [0.4, 0.5) is 0 Å². The number of rotatable bonds is 6. The van der Waals surface area contributed by atoms with Crippen LogP contribution in [0.3, 0.4) is 0 Å². The van der Waals surface area contributed by atoms with E-state index in [-0.39, 0.29) is 5.91 Å². The molecule has 18 heavy (non-hydrogen) atoms. The molecule has 0 spiro atoms. The standard InChI is InChI=1S/C15H18N2O/c1-2-3-4-10-17-15(18)9-8-13-6-5-7-14(11-13)12-16/h5-9,11H,2-4,10H2,1H3,(H,17,18)/b9-8+. The summed E-state index contributed by atoms with van der Waals surface area (Å²) in [7, 11) is 0. The Hall–Kier alpha value is -2.08. The number of carbonyl (C=O) groups is 1. The Balaban J connectivity index is 2.43. The van der Waals surface area contributed by atoms with Crippen molar-refractivity contribution < 1.29 is 4.79 Å². The van der Waals surface area contributed by atoms with Crippen LogP contribution in [0.5, 0.6) is 0 Å². The highest BCUT2D eigenvalue weighted by molar-refractivity contribution is 5.91. The van der Waals surface area contributed by atoms with Crippen molar-refractivity contribution in [3.63, 3.8) is 0 Å². The molecule has 0 heterocycles. The van der Waals surface area contributed by atoms with Gasteiger partial charge in [-0.3, -0.25) is 4.79 Å². The van der Waals surface area contributed by atoms with Crippen LogP contribution < -0.4 is 5.32 Å². The molecule has 0 aromatic heterocycles. The molecule has 1 aromatic rings. The Bertz CT molecular complexity index is 458. The van der Waals surface area contributed by atoms with Crippen molar-refractivity contribution in [3.8, 4) is 6.07 Å². The minimum Gasteiger partial charge on any atom is -0.353 e. The second-order valence-electron chi connectivity index (χ2n) is 4.07. The Morgan fingerprint density at radius 1 is 1.44 bits per heavy atom. The zero-order chi connectivity index (χ0) is 13.2. The molecule has 0 bridgehead atoms. The minimum atomic E-state index is -0.0894. The maximum atomic E-state index is 11.5. The van der Waals surface area contributed by atoms with Gasteiger partial charge in [-0.05, 0) is 30.2 Å². The van der Waals surface area contributed by atoms with E-state index >= 15 is 0 Å². The third kappa shape index (κ3) is 5.31. The van der Waals surface area contributed by atoms with Gasteiger partial charge in [-0.2, -0.15) is 5.26 Å². The Labute approximate surface area is 108 Å². The van der Waals surface area contributed by atoms with E-state index in [0.29, 0.717) is 5.56 Å². The van der Waals surface area contributed by atoms with Gasteiger partial charge in [0.25, 0.3) is 0 Å². The van der Waals surface area contributed by atoms with Crippen molar-refractivity contribution in [2.75, 3.05) is 6.54 Å². The molecule has 1 rings (SSSR count). The third-order valence-corrected chi connectivity index (χ3v) is 2.52. The van der Waals surface area contributed by atoms with Gasteiger partial charge in [0.15, 0.2) is 0 Å². The van der Waals surface area contributed by atoms with Crippen LogP contribution in [0, 0.1) is 11.3 Å². The van der Waals surface area contributed by atoms with E-state index in [0.717, 1.165) is 31.4 Å². The van der Waals surface area contributed by atoms with Gasteiger partial charge in [0.05, 0.1) is 11.6 Å². The molecule has 0 radical (unpaired) electrons. The van der Waals surface area contributed by atoms with Gasteiger partial charge in [-0.25, -0.2) is 0 Å². The Morgan fingerprint density at radius 2 is 2.28 bits per heavy atom. The molecular weight excluding hydrogens is 224 g/mol. The molecule has 3 nitrogen and oxygen atoms in total. The van der Waals surface area contributed by atoms with Crippen molar-refractivity contribution in [2.45, 2.75) is 26.2 Å². The summed E-state index contributed by atoms with van der Waals surface area (Å²) in [6, 6.07) is 9.22. The fraction of sp³-hybridized carbons (Fsp3) is 0.333. The highest BCUT2D eigenvalue weighted by Gasteiger charge is 1.95. The van der Waals surface area contributed by atoms with E-state index in [9.17, 15) is 4.79 Å². The topological polar surface area (TPSA) is 52.9 Å². The van der Waals surface area contributed by atoms with Gasteiger partial charge in [0, 0.05) is 12.6 Å². The average Bonchev–Trinajstić information content (AvgIpc) is 2.41. The lowest BCUT2D eigenvalue weighted by molar-refractivity contribution is -0.116. The van der Waals surface area contributed by atoms with Gasteiger partial charge in [-0.15, -0.1) is 0 Å². The quantitative estimate of drug-likeness (QED) is 0.616. The smallest absolute Gasteiger partial charge is 0.243 e. The minimum absolute atomic E-state index is 0.0894. The molecule has 0 aliphatic heterocycles. The number of amides is 1. The zero-order valence-electron chi connectivity index (χ0n) is 10.6. The van der Waals surface area contributed by atoms with Gasteiger partial charge >= 0.3 is 0 Å². The van der Waals surface area contributed by atoms with E-state index in [1.807, 2.05) is 6.07 Å². The second-order valence-corrected chi connectivity index (χ2v) is 4.07. The van der Waals surface area contributed by atoms with Gasteiger partial charge in [0.1, 0.15) is 0 Å². The molecule has 0 aliphatic carbocycles. The number of unbranched alkanes of at least 4 members (excludes halogenated alkanes) is 2. The van der Waals surface area contributed by atoms with Gasteiger partial charge in [-0.1, -0.05) is 31.9 Å². The van der Waals surface area contributed by atoms with E-state index < -0.39 is 0 Å². The van der Waals surface area contributed by atoms with Crippen molar-refractivity contribution in [2.24, 2.45) is 0 Å². The lowest BCUT2D eigenvalue weighted by atomic mass is 10.1. The maximum absolute atomic E-state index is 11.5. The van der Waals surface area contributed by atoms with Crippen LogP contribution in [0.15, 0.2) is 30.3 Å². The SMILES string of the molecule is CCCCCNC(=O)/C=C/c1cccc(C#N)c1. The largest absolute Gasteiger partial charge is 0.353 e. The average molecular weight is 242 g/mol. The lowest BCUT2D eigenvalue weighted by Crippen LogP contribution is -2.21. The first-order valence-electron chi connectivity index (χ1n) is 6.22. The van der Waals surface area contributed by atoms with Crippen LogP contribution in [0.2, 0.25) is 0 Å². The summed E-state index contributed by atoms with van der Waals surface area (Å²) in [4.78, 5) is 11.5. The highest BCUT2D eigenvalue weighted by Crippen LogP contribution is 2.05. The van der Waals surface area contributed by atoms with Crippen LogP contribution in [0.1, 0.15) is 37.3 Å². The van der Waals surface area contributed by atoms with Crippen molar-refractivity contribution in [1.82, 2.24) is 5.32 Å². The van der Waals surface area contributed by atoms with Crippen molar-refractivity contribution in [3.05, 3.63) is 41.5 Å². The number of nitrogens with zero attached hydrogens (tertiary/aromatic N) is 1. The normalized spacial score (nSPS) is 10.2. The number of hydrogen-bond donors (Lipinski definition) is 1. The molecule has 94 valence electrons. The van der Waals surface area contributed by atoms with E-state index in [1.54, 1.807) is 24.3 Å².